The highest BCUT2D eigenvalue weighted by Gasteiger charge is 2.40. The van der Waals surface area contributed by atoms with E-state index < -0.39 is 17.3 Å². The van der Waals surface area contributed by atoms with Crippen molar-refractivity contribution in [2.45, 2.75) is 12.0 Å². The van der Waals surface area contributed by atoms with Gasteiger partial charge in [-0.2, -0.15) is 12.6 Å². The van der Waals surface area contributed by atoms with Crippen molar-refractivity contribution < 1.29 is 14.7 Å². The van der Waals surface area contributed by atoms with Gasteiger partial charge in [0.15, 0.2) is 11.3 Å². The summed E-state index contributed by atoms with van der Waals surface area (Å²) in [5.41, 5.74) is 3.59. The summed E-state index contributed by atoms with van der Waals surface area (Å²) in [5, 5.41) is 8.61. The summed E-state index contributed by atoms with van der Waals surface area (Å²) >= 11 is 6.70. The molecule has 1 unspecified atom stereocenters. The van der Waals surface area contributed by atoms with Crippen molar-refractivity contribution in [3.63, 3.8) is 0 Å². The first-order chi connectivity index (χ1) is 5.49. The monoisotopic (exact) mass is 255 g/mol. The topological polar surface area (TPSA) is 80.4 Å². The molecule has 0 saturated heterocycles. The van der Waals surface area contributed by atoms with Crippen LogP contribution in [0.2, 0.25) is 0 Å². The zero-order valence-corrected chi connectivity index (χ0v) is 8.77. The van der Waals surface area contributed by atoms with Gasteiger partial charge in [-0.15, -0.1) is 0 Å². The van der Waals surface area contributed by atoms with Gasteiger partial charge < -0.3 is 10.8 Å². The maximum atomic E-state index is 11.1. The van der Waals surface area contributed by atoms with E-state index in [1.54, 1.807) is 0 Å². The van der Waals surface area contributed by atoms with E-state index in [1.807, 2.05) is 0 Å². The fraction of sp³-hybridized carbons (Fsp3) is 0.667. The molecule has 0 saturated carbocycles. The molecule has 0 aromatic heterocycles. The van der Waals surface area contributed by atoms with Crippen LogP contribution >= 0.6 is 28.6 Å². The molecule has 12 heavy (non-hydrogen) atoms. The number of carboxylic acid groups (broad SMARTS) is 1. The molecule has 0 spiro atoms. The summed E-state index contributed by atoms with van der Waals surface area (Å²) in [6, 6.07) is 0. The van der Waals surface area contributed by atoms with Crippen molar-refractivity contribution in [1.82, 2.24) is 0 Å². The third-order valence-electron chi connectivity index (χ3n) is 1.51. The molecule has 3 N–H and O–H groups in total. The van der Waals surface area contributed by atoms with Crippen molar-refractivity contribution in [3.05, 3.63) is 0 Å². The number of hydrogen-bond acceptors (Lipinski definition) is 4. The van der Waals surface area contributed by atoms with Gasteiger partial charge in [-0.05, 0) is 12.2 Å². The molecule has 70 valence electrons. The van der Waals surface area contributed by atoms with E-state index in [1.165, 1.54) is 0 Å². The van der Waals surface area contributed by atoms with Crippen LogP contribution in [-0.2, 0) is 9.59 Å². The van der Waals surface area contributed by atoms with Gasteiger partial charge in [0, 0.05) is 0 Å². The lowest BCUT2D eigenvalue weighted by molar-refractivity contribution is -0.147. The number of halogens is 1. The second-order valence-electron chi connectivity index (χ2n) is 2.31. The highest BCUT2D eigenvalue weighted by atomic mass is 79.9. The molecule has 0 amide bonds. The zero-order valence-electron chi connectivity index (χ0n) is 6.29. The molecule has 4 nitrogen and oxygen atoms in total. The smallest absolute Gasteiger partial charge is 0.331 e. The predicted octanol–water partition coefficient (Wildman–Crippen LogP) is 0.0524. The quantitative estimate of drug-likeness (QED) is 0.369. The van der Waals surface area contributed by atoms with Crippen LogP contribution in [0.1, 0.15) is 6.42 Å². The summed E-state index contributed by atoms with van der Waals surface area (Å²) in [6.45, 7) is 0. The molecule has 0 aromatic carbocycles. The Labute approximate surface area is 84.0 Å². The van der Waals surface area contributed by atoms with Gasteiger partial charge in [0.25, 0.3) is 0 Å². The number of thiol groups is 1. The largest absolute Gasteiger partial charge is 0.480 e. The second kappa shape index (κ2) is 4.84. The van der Waals surface area contributed by atoms with Crippen molar-refractivity contribution in [2.24, 2.45) is 5.73 Å². The normalized spacial score (nSPS) is 15.2. The molecule has 0 aliphatic carbocycles. The van der Waals surface area contributed by atoms with Gasteiger partial charge in [-0.3, -0.25) is 4.79 Å². The van der Waals surface area contributed by atoms with E-state index in [0.717, 1.165) is 0 Å². The van der Waals surface area contributed by atoms with Crippen LogP contribution in [0.5, 0.6) is 0 Å². The molecule has 0 aliphatic rings. The van der Waals surface area contributed by atoms with E-state index in [2.05, 4.69) is 28.6 Å². The Kier molecular flexibility index (Phi) is 4.81. The Bertz CT molecular complexity index is 199. The molecular weight excluding hydrogens is 246 g/mol. The van der Waals surface area contributed by atoms with E-state index in [4.69, 9.17) is 10.8 Å². The van der Waals surface area contributed by atoms with Gasteiger partial charge in [-0.25, -0.2) is 4.79 Å². The van der Waals surface area contributed by atoms with E-state index in [0.29, 0.717) is 0 Å². The first-order valence-corrected chi connectivity index (χ1v) is 4.97. The van der Waals surface area contributed by atoms with Crippen molar-refractivity contribution in [1.29, 1.82) is 0 Å². The highest BCUT2D eigenvalue weighted by Crippen LogP contribution is 2.11. The SMILES string of the molecule is NC(CCS)(C(=O)O)C(=O)CBr. The summed E-state index contributed by atoms with van der Waals surface area (Å²) in [6.07, 6.45) is 0.0376. The molecular formula is C6H10BrNO3S. The minimum Gasteiger partial charge on any atom is -0.480 e. The fourth-order valence-corrected chi connectivity index (χ4v) is 1.51. The van der Waals surface area contributed by atoms with Gasteiger partial charge in [0.2, 0.25) is 0 Å². The minimum absolute atomic E-state index is 0.0376. The number of nitrogens with two attached hydrogens (primary N) is 1. The Morgan fingerprint density at radius 1 is 1.58 bits per heavy atom. The Morgan fingerprint density at radius 2 is 2.08 bits per heavy atom. The lowest BCUT2D eigenvalue weighted by atomic mass is 9.93. The first-order valence-electron chi connectivity index (χ1n) is 3.21. The molecule has 0 heterocycles. The first kappa shape index (κ1) is 11.9. The lowest BCUT2D eigenvalue weighted by Gasteiger charge is -2.20. The lowest BCUT2D eigenvalue weighted by Crippen LogP contribution is -2.55. The van der Waals surface area contributed by atoms with Crippen molar-refractivity contribution in [2.75, 3.05) is 11.1 Å². The van der Waals surface area contributed by atoms with Gasteiger partial charge >= 0.3 is 5.97 Å². The number of carbonyl (C=O) groups is 2. The molecule has 0 bridgehead atoms. The summed E-state index contributed by atoms with van der Waals surface area (Å²) in [7, 11) is 0. The van der Waals surface area contributed by atoms with Crippen molar-refractivity contribution in [3.8, 4) is 0 Å². The standard InChI is InChI=1S/C6H10BrNO3S/c7-3-4(9)6(8,1-2-12)5(10)11/h12H,1-3,8H2,(H,10,11). The molecule has 0 aliphatic heterocycles. The maximum Gasteiger partial charge on any atom is 0.331 e. The van der Waals surface area contributed by atoms with E-state index in [9.17, 15) is 9.59 Å². The number of carboxylic acids is 1. The number of hydrogen-bond donors (Lipinski definition) is 3. The summed E-state index contributed by atoms with van der Waals surface area (Å²) in [5.74, 6) is -1.58. The van der Waals surface area contributed by atoms with Crippen LogP contribution in [0.3, 0.4) is 0 Å². The Hall–Kier alpha value is -0.0700. The third kappa shape index (κ3) is 2.46. The van der Waals surface area contributed by atoms with E-state index >= 15 is 0 Å². The van der Waals surface area contributed by atoms with Crippen LogP contribution in [0.15, 0.2) is 0 Å². The number of carbonyl (C=O) groups excluding carboxylic acids is 1. The van der Waals surface area contributed by atoms with Crippen molar-refractivity contribution >= 4 is 40.3 Å². The predicted molar refractivity (Wildman–Crippen MR) is 51.8 cm³/mol. The zero-order chi connectivity index (χ0) is 9.78. The minimum atomic E-state index is -1.79. The average molecular weight is 256 g/mol. The molecule has 1 atom stereocenters. The number of ketones is 1. The van der Waals surface area contributed by atoms with Crippen LogP contribution in [0.25, 0.3) is 0 Å². The van der Waals surface area contributed by atoms with Crippen LogP contribution < -0.4 is 5.73 Å². The average Bonchev–Trinajstić information content (AvgIpc) is 2.03. The van der Waals surface area contributed by atoms with Crippen LogP contribution in [0.4, 0.5) is 0 Å². The summed E-state index contributed by atoms with van der Waals surface area (Å²) < 4.78 is 0. The Morgan fingerprint density at radius 3 is 2.33 bits per heavy atom. The number of Topliss-reactive ketones (excluding diaryl/α,β-unsaturated/α-hetero) is 1. The molecule has 0 rings (SSSR count). The highest BCUT2D eigenvalue weighted by molar-refractivity contribution is 9.09. The van der Waals surface area contributed by atoms with E-state index in [-0.39, 0.29) is 17.5 Å². The molecule has 0 aromatic rings. The maximum absolute atomic E-state index is 11.1. The fourth-order valence-electron chi connectivity index (χ4n) is 0.661. The van der Waals surface area contributed by atoms with Crippen LogP contribution in [0, 0.1) is 0 Å². The number of alkyl halides is 1. The van der Waals surface area contributed by atoms with Gasteiger partial charge in [0.05, 0.1) is 5.33 Å². The third-order valence-corrected chi connectivity index (χ3v) is 2.24. The Balaban J connectivity index is 4.61. The molecule has 0 fully saturated rings. The molecule has 6 heteroatoms. The van der Waals surface area contributed by atoms with Gasteiger partial charge in [-0.1, -0.05) is 15.9 Å². The second-order valence-corrected chi connectivity index (χ2v) is 3.31. The van der Waals surface area contributed by atoms with Crippen LogP contribution in [-0.4, -0.2) is 33.5 Å². The summed E-state index contributed by atoms with van der Waals surface area (Å²) in [4.78, 5) is 21.7. The molecule has 0 radical (unpaired) electrons. The van der Waals surface area contributed by atoms with Gasteiger partial charge in [0.1, 0.15) is 0 Å². The number of aliphatic carboxylic acids is 1. The number of rotatable bonds is 5.